The molecular weight excluding hydrogens is 512 g/mol. The number of nitrogens with one attached hydrogen (secondary N) is 1. The molecule has 1 aliphatic rings. The van der Waals surface area contributed by atoms with Crippen LogP contribution in [0.3, 0.4) is 0 Å². The predicted octanol–water partition coefficient (Wildman–Crippen LogP) is 3.83. The lowest BCUT2D eigenvalue weighted by molar-refractivity contribution is 0.148. The van der Waals surface area contributed by atoms with E-state index in [1.165, 1.54) is 10.6 Å². The molecule has 202 valence electrons. The molecule has 0 radical (unpaired) electrons. The Morgan fingerprint density at radius 3 is 2.41 bits per heavy atom. The summed E-state index contributed by atoms with van der Waals surface area (Å²) in [6.07, 6.45) is 7.86. The fourth-order valence-electron chi connectivity index (χ4n) is 4.51. The first-order valence-corrected chi connectivity index (χ1v) is 14.6. The maximum Gasteiger partial charge on any atom is 0.236 e. The van der Waals surface area contributed by atoms with Crippen molar-refractivity contribution in [3.05, 3.63) is 84.6 Å². The summed E-state index contributed by atoms with van der Waals surface area (Å²) in [4.78, 5) is 22.3. The fraction of sp³-hybridized carbons (Fsp3) is 0.286. The van der Waals surface area contributed by atoms with Crippen LogP contribution in [0.25, 0.3) is 11.3 Å². The topological polar surface area (TPSA) is 107 Å². The largest absolute Gasteiger partial charge is 0.322 e. The molecule has 0 aliphatic carbocycles. The molecule has 4 aromatic rings. The van der Waals surface area contributed by atoms with E-state index >= 15 is 0 Å². The molecule has 10 nitrogen and oxygen atoms in total. The molecule has 1 aromatic carbocycles. The van der Waals surface area contributed by atoms with Crippen molar-refractivity contribution in [2.75, 3.05) is 49.1 Å². The summed E-state index contributed by atoms with van der Waals surface area (Å²) in [6, 6.07) is 15.0. The van der Waals surface area contributed by atoms with Gasteiger partial charge in [-0.3, -0.25) is 14.9 Å². The average Bonchev–Trinajstić information content (AvgIpc) is 2.93. The van der Waals surface area contributed by atoms with Gasteiger partial charge in [-0.1, -0.05) is 12.1 Å². The van der Waals surface area contributed by atoms with Crippen LogP contribution in [0.2, 0.25) is 0 Å². The second-order valence-electron chi connectivity index (χ2n) is 9.73. The van der Waals surface area contributed by atoms with Gasteiger partial charge in [0, 0.05) is 56.9 Å². The van der Waals surface area contributed by atoms with E-state index in [1.54, 1.807) is 30.9 Å². The first kappa shape index (κ1) is 26.7. The van der Waals surface area contributed by atoms with Gasteiger partial charge >= 0.3 is 0 Å². The second kappa shape index (κ2) is 11.4. The smallest absolute Gasteiger partial charge is 0.236 e. The lowest BCUT2D eigenvalue weighted by atomic mass is 10.1. The molecule has 0 atom stereocenters. The number of hydrogen-bond donors (Lipinski definition) is 1. The van der Waals surface area contributed by atoms with Gasteiger partial charge in [0.1, 0.15) is 0 Å². The highest BCUT2D eigenvalue weighted by Crippen LogP contribution is 2.32. The number of aryl methyl sites for hydroxylation is 1. The van der Waals surface area contributed by atoms with E-state index in [9.17, 15) is 8.42 Å². The van der Waals surface area contributed by atoms with E-state index in [1.807, 2.05) is 49.4 Å². The Hall–Kier alpha value is -3.93. The zero-order valence-corrected chi connectivity index (χ0v) is 23.1. The lowest BCUT2D eigenvalue weighted by Crippen LogP contribution is -2.43. The maximum atomic E-state index is 13.0. The highest BCUT2D eigenvalue weighted by Gasteiger charge is 2.22. The van der Waals surface area contributed by atoms with Crippen molar-refractivity contribution >= 4 is 33.0 Å². The summed E-state index contributed by atoms with van der Waals surface area (Å²) in [5.74, 6) is 0.373. The van der Waals surface area contributed by atoms with Crippen LogP contribution in [-0.4, -0.2) is 77.6 Å². The highest BCUT2D eigenvalue weighted by molar-refractivity contribution is 7.92. The zero-order chi connectivity index (χ0) is 27.4. The van der Waals surface area contributed by atoms with Crippen molar-refractivity contribution in [1.82, 2.24) is 29.7 Å². The molecule has 39 heavy (non-hydrogen) atoms. The van der Waals surface area contributed by atoms with E-state index in [-0.39, 0.29) is 0 Å². The van der Waals surface area contributed by atoms with Gasteiger partial charge in [-0.15, -0.1) is 0 Å². The van der Waals surface area contributed by atoms with Crippen molar-refractivity contribution in [2.45, 2.75) is 13.5 Å². The Balaban J connectivity index is 1.39. The van der Waals surface area contributed by atoms with Gasteiger partial charge in [0.05, 0.1) is 40.9 Å². The molecular formula is C28H32N8O2S. The van der Waals surface area contributed by atoms with Crippen molar-refractivity contribution in [3.8, 4) is 11.3 Å². The Bertz CT molecular complexity index is 1520. The lowest BCUT2D eigenvalue weighted by Gasteiger charge is -2.32. The van der Waals surface area contributed by atoms with Gasteiger partial charge in [0.25, 0.3) is 0 Å². The number of likely N-dealkylation sites (N-methyl/N-ethyl adjacent to an activating group) is 1. The van der Waals surface area contributed by atoms with Gasteiger partial charge in [-0.05, 0) is 55.9 Å². The fourth-order valence-corrected chi connectivity index (χ4v) is 5.49. The Morgan fingerprint density at radius 1 is 0.949 bits per heavy atom. The van der Waals surface area contributed by atoms with Gasteiger partial charge in [0.15, 0.2) is 0 Å². The van der Waals surface area contributed by atoms with Crippen molar-refractivity contribution in [2.24, 2.45) is 0 Å². The molecule has 0 saturated carbocycles. The normalized spacial score (nSPS) is 14.7. The van der Waals surface area contributed by atoms with Crippen molar-refractivity contribution < 1.29 is 8.42 Å². The van der Waals surface area contributed by atoms with Crippen LogP contribution in [0.1, 0.15) is 11.3 Å². The predicted molar refractivity (Wildman–Crippen MR) is 154 cm³/mol. The zero-order valence-electron chi connectivity index (χ0n) is 22.3. The van der Waals surface area contributed by atoms with Gasteiger partial charge in [0.2, 0.25) is 16.0 Å². The van der Waals surface area contributed by atoms with E-state index in [2.05, 4.69) is 42.1 Å². The number of rotatable bonds is 8. The molecule has 1 fully saturated rings. The third kappa shape index (κ3) is 6.56. The minimum atomic E-state index is -3.65. The summed E-state index contributed by atoms with van der Waals surface area (Å²) in [7, 11) is -1.51. The summed E-state index contributed by atoms with van der Waals surface area (Å²) >= 11 is 0. The minimum Gasteiger partial charge on any atom is -0.322 e. The van der Waals surface area contributed by atoms with Crippen LogP contribution >= 0.6 is 0 Å². The molecule has 4 heterocycles. The van der Waals surface area contributed by atoms with Gasteiger partial charge in [-0.25, -0.2) is 22.7 Å². The molecule has 5 rings (SSSR count). The number of aromatic nitrogens is 4. The quantitative estimate of drug-likeness (QED) is 0.354. The number of pyridine rings is 2. The first-order valence-electron chi connectivity index (χ1n) is 12.7. The summed E-state index contributed by atoms with van der Waals surface area (Å²) in [5, 5.41) is 3.20. The molecule has 0 spiro atoms. The first-order chi connectivity index (χ1) is 18.8. The summed E-state index contributed by atoms with van der Waals surface area (Å²) < 4.78 is 27.2. The van der Waals surface area contributed by atoms with Crippen LogP contribution in [0.15, 0.2) is 73.3 Å². The molecule has 1 saturated heterocycles. The molecule has 0 amide bonds. The van der Waals surface area contributed by atoms with Gasteiger partial charge < -0.3 is 10.2 Å². The SMILES string of the molecule is Cc1ncc(N(c2ccc(CN3CCN(C)CC3)cc2)S(C)(=O)=O)cc1Nc1nccc(-c2cccnc2)n1. The standard InChI is InChI=1S/C28H32N8O2S/c1-21-27(33-28-30-12-10-26(32-28)23-5-4-11-29-18-23)17-25(19-31-21)36(39(3,37)38)24-8-6-22(7-9-24)20-35-15-13-34(2)14-16-35/h4-12,17-19H,13-16,20H2,1-3H3,(H,30,32,33). The Morgan fingerprint density at radius 2 is 1.72 bits per heavy atom. The third-order valence-corrected chi connectivity index (χ3v) is 7.76. The van der Waals surface area contributed by atoms with Crippen LogP contribution in [-0.2, 0) is 16.6 Å². The molecule has 0 unspecified atom stereocenters. The number of anilines is 4. The average molecular weight is 545 g/mol. The van der Waals surface area contributed by atoms with Crippen LogP contribution in [0, 0.1) is 6.92 Å². The number of benzene rings is 1. The maximum absolute atomic E-state index is 13.0. The third-order valence-electron chi connectivity index (χ3n) is 6.67. The molecule has 3 aromatic heterocycles. The van der Waals surface area contributed by atoms with Crippen LogP contribution in [0.4, 0.5) is 23.0 Å². The van der Waals surface area contributed by atoms with E-state index in [4.69, 9.17) is 0 Å². The number of hydrogen-bond acceptors (Lipinski definition) is 9. The van der Waals surface area contributed by atoms with Crippen molar-refractivity contribution in [1.29, 1.82) is 0 Å². The monoisotopic (exact) mass is 544 g/mol. The second-order valence-corrected chi connectivity index (χ2v) is 11.6. The minimum absolute atomic E-state index is 0.373. The summed E-state index contributed by atoms with van der Waals surface area (Å²) in [5.41, 5.74) is 4.99. The van der Waals surface area contributed by atoms with Crippen LogP contribution in [0.5, 0.6) is 0 Å². The Kier molecular flexibility index (Phi) is 7.82. The molecule has 11 heteroatoms. The van der Waals surface area contributed by atoms with Crippen molar-refractivity contribution in [3.63, 3.8) is 0 Å². The molecule has 1 aliphatic heterocycles. The molecule has 1 N–H and O–H groups in total. The number of sulfonamides is 1. The highest BCUT2D eigenvalue weighted by atomic mass is 32.2. The van der Waals surface area contributed by atoms with E-state index in [0.29, 0.717) is 28.7 Å². The van der Waals surface area contributed by atoms with E-state index < -0.39 is 10.0 Å². The number of piperazine rings is 1. The van der Waals surface area contributed by atoms with Gasteiger partial charge in [-0.2, -0.15) is 0 Å². The van der Waals surface area contributed by atoms with Crippen LogP contribution < -0.4 is 9.62 Å². The number of nitrogens with zero attached hydrogens (tertiary/aromatic N) is 7. The molecule has 0 bridgehead atoms. The van der Waals surface area contributed by atoms with E-state index in [0.717, 1.165) is 49.5 Å². The Labute approximate surface area is 229 Å². The summed E-state index contributed by atoms with van der Waals surface area (Å²) in [6.45, 7) is 6.83.